The first-order valence-corrected chi connectivity index (χ1v) is 6.23. The third-order valence-corrected chi connectivity index (χ3v) is 4.38. The van der Waals surface area contributed by atoms with E-state index < -0.39 is 0 Å². The minimum Gasteiger partial charge on any atom is -0.319 e. The van der Waals surface area contributed by atoms with Gasteiger partial charge < -0.3 is 5.73 Å². The number of aromatic nitrogens is 1. The van der Waals surface area contributed by atoms with Crippen molar-refractivity contribution in [1.29, 1.82) is 0 Å². The van der Waals surface area contributed by atoms with Crippen LogP contribution in [0.25, 0.3) is 0 Å². The Morgan fingerprint density at radius 1 is 1.43 bits per heavy atom. The molecule has 0 aromatic carbocycles. The second kappa shape index (κ2) is 3.63. The summed E-state index contributed by atoms with van der Waals surface area (Å²) in [5.74, 6) is 0. The van der Waals surface area contributed by atoms with Crippen LogP contribution in [0.3, 0.4) is 0 Å². The lowest BCUT2D eigenvalue weighted by Gasteiger charge is -2.19. The summed E-state index contributed by atoms with van der Waals surface area (Å²) in [5.41, 5.74) is 7.51. The summed E-state index contributed by atoms with van der Waals surface area (Å²) in [6.07, 6.45) is 5.78. The van der Waals surface area contributed by atoms with Crippen molar-refractivity contribution in [2.75, 3.05) is 0 Å². The Morgan fingerprint density at radius 3 is 2.57 bits per heavy atom. The maximum atomic E-state index is 6.37. The Kier molecular flexibility index (Phi) is 2.62. The highest BCUT2D eigenvalue weighted by molar-refractivity contribution is 7.11. The van der Waals surface area contributed by atoms with E-state index in [1.165, 1.54) is 28.4 Å². The van der Waals surface area contributed by atoms with Gasteiger partial charge in [-0.2, -0.15) is 0 Å². The van der Waals surface area contributed by atoms with Crippen molar-refractivity contribution >= 4 is 11.3 Å². The van der Waals surface area contributed by atoms with Gasteiger partial charge in [0.25, 0.3) is 0 Å². The molecule has 14 heavy (non-hydrogen) atoms. The van der Waals surface area contributed by atoms with Gasteiger partial charge in [-0.1, -0.05) is 19.8 Å². The van der Waals surface area contributed by atoms with Crippen molar-refractivity contribution in [1.82, 2.24) is 4.98 Å². The van der Waals surface area contributed by atoms with Crippen LogP contribution < -0.4 is 5.73 Å². The first-order chi connectivity index (χ1) is 6.65. The molecule has 0 spiro atoms. The normalized spacial score (nSPS) is 20.2. The van der Waals surface area contributed by atoms with Crippen LogP contribution in [0, 0.1) is 6.92 Å². The van der Waals surface area contributed by atoms with Gasteiger partial charge in [0.2, 0.25) is 0 Å². The Hall–Kier alpha value is -0.410. The molecule has 1 fully saturated rings. The fourth-order valence-electron chi connectivity index (χ4n) is 2.19. The van der Waals surface area contributed by atoms with E-state index in [0.717, 1.165) is 19.3 Å². The molecule has 3 heteroatoms. The summed E-state index contributed by atoms with van der Waals surface area (Å²) in [6, 6.07) is 0. The van der Waals surface area contributed by atoms with Crippen molar-refractivity contribution in [3.8, 4) is 0 Å². The fourth-order valence-corrected chi connectivity index (χ4v) is 3.35. The van der Waals surface area contributed by atoms with Crippen LogP contribution in [0.1, 0.15) is 48.2 Å². The Balaban J connectivity index is 2.31. The van der Waals surface area contributed by atoms with Gasteiger partial charge in [-0.3, -0.25) is 0 Å². The van der Waals surface area contributed by atoms with Gasteiger partial charge in [0, 0.05) is 4.88 Å². The summed E-state index contributed by atoms with van der Waals surface area (Å²) in [5, 5.41) is 1.17. The molecule has 1 aromatic heterocycles. The molecule has 2 N–H and O–H groups in total. The molecule has 0 atom stereocenters. The highest BCUT2D eigenvalue weighted by atomic mass is 32.1. The van der Waals surface area contributed by atoms with Crippen molar-refractivity contribution in [3.05, 3.63) is 15.6 Å². The topological polar surface area (TPSA) is 38.9 Å². The fraction of sp³-hybridized carbons (Fsp3) is 0.727. The summed E-state index contributed by atoms with van der Waals surface area (Å²) in [6.45, 7) is 4.31. The van der Waals surface area contributed by atoms with Crippen LogP contribution >= 0.6 is 11.3 Å². The Bertz CT molecular complexity index is 324. The first-order valence-electron chi connectivity index (χ1n) is 5.41. The lowest BCUT2D eigenvalue weighted by molar-refractivity contribution is 0.458. The quantitative estimate of drug-likeness (QED) is 0.815. The van der Waals surface area contributed by atoms with Gasteiger partial charge in [-0.25, -0.2) is 4.98 Å². The number of hydrogen-bond donors (Lipinski definition) is 1. The molecule has 1 saturated carbocycles. The average Bonchev–Trinajstić information content (AvgIpc) is 2.73. The van der Waals surface area contributed by atoms with Gasteiger partial charge in [-0.15, -0.1) is 11.3 Å². The van der Waals surface area contributed by atoms with Crippen LogP contribution in [0.15, 0.2) is 0 Å². The summed E-state index contributed by atoms with van der Waals surface area (Å²) < 4.78 is 0. The van der Waals surface area contributed by atoms with E-state index >= 15 is 0 Å². The predicted octanol–water partition coefficient (Wildman–Crippen LogP) is 2.74. The van der Waals surface area contributed by atoms with Crippen molar-refractivity contribution in [2.45, 2.75) is 51.5 Å². The summed E-state index contributed by atoms with van der Waals surface area (Å²) >= 11 is 1.80. The molecule has 0 amide bonds. The lowest BCUT2D eigenvalue weighted by Crippen LogP contribution is -2.32. The second-order valence-electron chi connectivity index (χ2n) is 4.24. The minimum atomic E-state index is -0.0944. The lowest BCUT2D eigenvalue weighted by atomic mass is 10.0. The number of aryl methyl sites for hydroxylation is 2. The van der Waals surface area contributed by atoms with E-state index in [0.29, 0.717) is 0 Å². The number of nitrogens with two attached hydrogens (primary N) is 1. The van der Waals surface area contributed by atoms with Gasteiger partial charge in [-0.05, 0) is 26.2 Å². The molecule has 1 aliphatic carbocycles. The molecule has 0 bridgehead atoms. The molecule has 0 unspecified atom stereocenters. The highest BCUT2D eigenvalue weighted by Crippen LogP contribution is 2.38. The summed E-state index contributed by atoms with van der Waals surface area (Å²) in [7, 11) is 0. The van der Waals surface area contributed by atoms with Crippen LogP contribution in [0.4, 0.5) is 0 Å². The number of nitrogens with zero attached hydrogens (tertiary/aromatic N) is 1. The molecule has 1 aromatic rings. The molecular formula is C11H18N2S. The van der Waals surface area contributed by atoms with Gasteiger partial charge in [0.15, 0.2) is 0 Å². The van der Waals surface area contributed by atoms with Crippen LogP contribution in [-0.4, -0.2) is 4.98 Å². The molecular weight excluding hydrogens is 192 g/mol. The number of rotatable bonds is 2. The molecule has 1 aliphatic rings. The molecule has 0 aliphatic heterocycles. The van der Waals surface area contributed by atoms with Crippen molar-refractivity contribution in [2.24, 2.45) is 5.73 Å². The van der Waals surface area contributed by atoms with E-state index in [2.05, 4.69) is 18.8 Å². The Labute approximate surface area is 89.5 Å². The first kappa shape index (κ1) is 10.1. The molecule has 2 rings (SSSR count). The molecule has 1 heterocycles. The predicted molar refractivity (Wildman–Crippen MR) is 60.6 cm³/mol. The van der Waals surface area contributed by atoms with Gasteiger partial charge >= 0.3 is 0 Å². The Morgan fingerprint density at radius 2 is 2.07 bits per heavy atom. The van der Waals surface area contributed by atoms with Crippen molar-refractivity contribution in [3.63, 3.8) is 0 Å². The summed E-state index contributed by atoms with van der Waals surface area (Å²) in [4.78, 5) is 6.02. The highest BCUT2D eigenvalue weighted by Gasteiger charge is 2.34. The largest absolute Gasteiger partial charge is 0.319 e. The van der Waals surface area contributed by atoms with Crippen LogP contribution in [0.2, 0.25) is 0 Å². The zero-order chi connectivity index (χ0) is 10.2. The molecule has 2 nitrogen and oxygen atoms in total. The third kappa shape index (κ3) is 1.59. The smallest absolute Gasteiger partial charge is 0.113 e. The average molecular weight is 210 g/mol. The number of thiazole rings is 1. The van der Waals surface area contributed by atoms with E-state index in [1.807, 2.05) is 0 Å². The molecule has 0 radical (unpaired) electrons. The third-order valence-electron chi connectivity index (χ3n) is 3.15. The van der Waals surface area contributed by atoms with E-state index in [-0.39, 0.29) is 5.54 Å². The van der Waals surface area contributed by atoms with Crippen molar-refractivity contribution < 1.29 is 0 Å². The number of hydrogen-bond acceptors (Lipinski definition) is 3. The second-order valence-corrected chi connectivity index (χ2v) is 5.44. The maximum Gasteiger partial charge on any atom is 0.113 e. The zero-order valence-electron chi connectivity index (χ0n) is 8.97. The van der Waals surface area contributed by atoms with Gasteiger partial charge in [0.1, 0.15) is 5.01 Å². The van der Waals surface area contributed by atoms with Crippen LogP contribution in [0.5, 0.6) is 0 Å². The SMILES string of the molecule is CCc1nc(C2(N)CCCC2)sc1C. The van der Waals surface area contributed by atoms with E-state index in [9.17, 15) is 0 Å². The van der Waals surface area contributed by atoms with E-state index in [1.54, 1.807) is 11.3 Å². The molecule has 0 saturated heterocycles. The van der Waals surface area contributed by atoms with Crippen LogP contribution in [-0.2, 0) is 12.0 Å². The molecule has 78 valence electrons. The zero-order valence-corrected chi connectivity index (χ0v) is 9.78. The monoisotopic (exact) mass is 210 g/mol. The van der Waals surface area contributed by atoms with Gasteiger partial charge in [0.05, 0.1) is 11.2 Å². The maximum absolute atomic E-state index is 6.37. The minimum absolute atomic E-state index is 0.0944. The standard InChI is InChI=1S/C11H18N2S/c1-3-9-8(2)14-10(13-9)11(12)6-4-5-7-11/h3-7,12H2,1-2H3. The van der Waals surface area contributed by atoms with E-state index in [4.69, 9.17) is 5.73 Å².